The second-order valence-corrected chi connectivity index (χ2v) is 3.58. The summed E-state index contributed by atoms with van der Waals surface area (Å²) in [5.74, 6) is 0. The van der Waals surface area contributed by atoms with Crippen molar-refractivity contribution in [2.24, 2.45) is 0 Å². The van der Waals surface area contributed by atoms with Crippen LogP contribution in [0.15, 0.2) is 18.2 Å². The van der Waals surface area contributed by atoms with Gasteiger partial charge in [-0.25, -0.2) is 0 Å². The summed E-state index contributed by atoms with van der Waals surface area (Å²) in [6, 6.07) is 8.02. The number of nitrogens with zero attached hydrogens (tertiary/aromatic N) is 2. The molecule has 0 aliphatic heterocycles. The van der Waals surface area contributed by atoms with Gasteiger partial charge in [-0.2, -0.15) is 5.26 Å². The van der Waals surface area contributed by atoms with Crippen LogP contribution in [0.5, 0.6) is 0 Å². The smallest absolute Gasteiger partial charge is 0.0991 e. The average Bonchev–Trinajstić information content (AvgIpc) is 2.34. The molecule has 0 radical (unpaired) electrons. The van der Waals surface area contributed by atoms with Crippen molar-refractivity contribution < 1.29 is 0 Å². The predicted molar refractivity (Wildman–Crippen MR) is 69.3 cm³/mol. The summed E-state index contributed by atoms with van der Waals surface area (Å²) in [5, 5.41) is 8.78. The molecule has 2 nitrogen and oxygen atoms in total. The van der Waals surface area contributed by atoms with E-state index in [1.807, 2.05) is 32.0 Å². The molecule has 1 aromatic rings. The Bertz CT molecular complexity index is 350. The van der Waals surface area contributed by atoms with Crippen molar-refractivity contribution >= 4 is 0 Å². The molecular weight excluding hydrogens is 196 g/mol. The van der Waals surface area contributed by atoms with Crippen LogP contribution >= 0.6 is 0 Å². The van der Waals surface area contributed by atoms with Crippen molar-refractivity contribution in [2.45, 2.75) is 34.2 Å². The Morgan fingerprint density at radius 1 is 1.31 bits per heavy atom. The fraction of sp³-hybridized carbons (Fsp3) is 0.500. The zero-order chi connectivity index (χ0) is 12.6. The number of aryl methyl sites for hydroxylation is 1. The van der Waals surface area contributed by atoms with E-state index in [0.717, 1.165) is 18.7 Å². The molecular formula is C14H22N2. The van der Waals surface area contributed by atoms with Crippen LogP contribution in [0, 0.1) is 18.3 Å². The van der Waals surface area contributed by atoms with Crippen LogP contribution in [0.25, 0.3) is 0 Å². The van der Waals surface area contributed by atoms with Crippen molar-refractivity contribution in [2.75, 3.05) is 13.6 Å². The highest BCUT2D eigenvalue weighted by Gasteiger charge is 2.02. The summed E-state index contributed by atoms with van der Waals surface area (Å²) < 4.78 is 0. The minimum Gasteiger partial charge on any atom is -0.302 e. The molecule has 16 heavy (non-hydrogen) atoms. The van der Waals surface area contributed by atoms with Crippen LogP contribution < -0.4 is 0 Å². The minimum absolute atomic E-state index is 0.745. The molecule has 0 aliphatic carbocycles. The molecule has 0 saturated carbocycles. The Kier molecular flexibility index (Phi) is 7.24. The number of hydrogen-bond donors (Lipinski definition) is 0. The van der Waals surface area contributed by atoms with Gasteiger partial charge in [0.15, 0.2) is 0 Å². The first-order valence-electron chi connectivity index (χ1n) is 5.85. The average molecular weight is 218 g/mol. The molecule has 0 spiro atoms. The second kappa shape index (κ2) is 7.90. The molecule has 0 aliphatic rings. The highest BCUT2D eigenvalue weighted by Crippen LogP contribution is 2.12. The third kappa shape index (κ3) is 4.46. The largest absolute Gasteiger partial charge is 0.302 e. The van der Waals surface area contributed by atoms with Gasteiger partial charge in [0.1, 0.15) is 0 Å². The van der Waals surface area contributed by atoms with E-state index in [4.69, 9.17) is 5.26 Å². The monoisotopic (exact) mass is 218 g/mol. The van der Waals surface area contributed by atoms with Gasteiger partial charge in [-0.1, -0.05) is 26.8 Å². The third-order valence-electron chi connectivity index (χ3n) is 2.46. The molecule has 0 saturated heterocycles. The van der Waals surface area contributed by atoms with Crippen LogP contribution in [-0.4, -0.2) is 18.5 Å². The maximum Gasteiger partial charge on any atom is 0.0991 e. The predicted octanol–water partition coefficient (Wildman–Crippen LogP) is 3.34. The Morgan fingerprint density at radius 2 is 1.94 bits per heavy atom. The van der Waals surface area contributed by atoms with E-state index in [9.17, 15) is 0 Å². The zero-order valence-corrected chi connectivity index (χ0v) is 11.0. The van der Waals surface area contributed by atoms with Crippen molar-refractivity contribution in [1.29, 1.82) is 5.26 Å². The Balaban J connectivity index is 0.00000106. The highest BCUT2D eigenvalue weighted by atomic mass is 15.1. The molecule has 0 heterocycles. The third-order valence-corrected chi connectivity index (χ3v) is 2.46. The molecule has 0 bridgehead atoms. The number of nitriles is 1. The topological polar surface area (TPSA) is 27.0 Å². The van der Waals surface area contributed by atoms with Crippen molar-refractivity contribution in [3.63, 3.8) is 0 Å². The van der Waals surface area contributed by atoms with E-state index < -0.39 is 0 Å². The fourth-order valence-corrected chi connectivity index (χ4v) is 1.31. The number of benzene rings is 1. The van der Waals surface area contributed by atoms with E-state index in [0.29, 0.717) is 0 Å². The van der Waals surface area contributed by atoms with Gasteiger partial charge in [-0.05, 0) is 43.8 Å². The van der Waals surface area contributed by atoms with Gasteiger partial charge in [-0.15, -0.1) is 0 Å². The molecule has 0 unspecified atom stereocenters. The van der Waals surface area contributed by atoms with Gasteiger partial charge in [-0.3, -0.25) is 0 Å². The van der Waals surface area contributed by atoms with E-state index in [-0.39, 0.29) is 0 Å². The molecule has 0 aromatic heterocycles. The Labute approximate surface area is 99.5 Å². The number of rotatable bonds is 3. The van der Waals surface area contributed by atoms with Gasteiger partial charge in [0.05, 0.1) is 11.6 Å². The first kappa shape index (κ1) is 14.7. The van der Waals surface area contributed by atoms with Crippen molar-refractivity contribution in [1.82, 2.24) is 4.90 Å². The van der Waals surface area contributed by atoms with Crippen LogP contribution in [0.4, 0.5) is 0 Å². The summed E-state index contributed by atoms with van der Waals surface area (Å²) in [6.45, 7) is 10.2. The fourth-order valence-electron chi connectivity index (χ4n) is 1.31. The van der Waals surface area contributed by atoms with E-state index in [1.165, 1.54) is 11.1 Å². The molecule has 1 rings (SSSR count). The summed E-state index contributed by atoms with van der Waals surface area (Å²) >= 11 is 0. The lowest BCUT2D eigenvalue weighted by Crippen LogP contribution is -2.17. The quantitative estimate of drug-likeness (QED) is 0.778. The van der Waals surface area contributed by atoms with Gasteiger partial charge in [0.25, 0.3) is 0 Å². The first-order chi connectivity index (χ1) is 7.67. The second-order valence-electron chi connectivity index (χ2n) is 3.58. The van der Waals surface area contributed by atoms with E-state index >= 15 is 0 Å². The molecule has 0 atom stereocenters. The normalized spacial score (nSPS) is 9.31. The summed E-state index contributed by atoms with van der Waals surface area (Å²) in [6.07, 6.45) is 0. The molecule has 0 N–H and O–H groups in total. The lowest BCUT2D eigenvalue weighted by atomic mass is 10.1. The van der Waals surface area contributed by atoms with Crippen molar-refractivity contribution in [3.05, 3.63) is 34.9 Å². The van der Waals surface area contributed by atoms with E-state index in [2.05, 4.69) is 31.9 Å². The van der Waals surface area contributed by atoms with Gasteiger partial charge in [0, 0.05) is 6.54 Å². The summed E-state index contributed by atoms with van der Waals surface area (Å²) in [5.41, 5.74) is 3.24. The molecule has 88 valence electrons. The first-order valence-corrected chi connectivity index (χ1v) is 5.85. The molecule has 1 aromatic carbocycles. The van der Waals surface area contributed by atoms with Crippen LogP contribution in [0.3, 0.4) is 0 Å². The van der Waals surface area contributed by atoms with Gasteiger partial charge in [0.2, 0.25) is 0 Å². The molecule has 0 fully saturated rings. The maximum absolute atomic E-state index is 8.78. The minimum atomic E-state index is 0.745. The zero-order valence-electron chi connectivity index (χ0n) is 11.0. The summed E-state index contributed by atoms with van der Waals surface area (Å²) in [4.78, 5) is 2.23. The van der Waals surface area contributed by atoms with Crippen molar-refractivity contribution in [3.8, 4) is 6.07 Å². The lowest BCUT2D eigenvalue weighted by Gasteiger charge is -2.15. The molecule has 2 heteroatoms. The van der Waals surface area contributed by atoms with Gasteiger partial charge >= 0.3 is 0 Å². The van der Waals surface area contributed by atoms with Crippen LogP contribution in [0.2, 0.25) is 0 Å². The lowest BCUT2D eigenvalue weighted by molar-refractivity contribution is 0.345. The standard InChI is InChI=1S/C12H16N2.C2H6/c1-4-14(3)9-12-7-11(8-13)6-5-10(12)2;1-2/h5-7H,4,9H2,1-3H3;1-2H3. The van der Waals surface area contributed by atoms with Gasteiger partial charge < -0.3 is 4.90 Å². The number of hydrogen-bond acceptors (Lipinski definition) is 2. The van der Waals surface area contributed by atoms with Crippen LogP contribution in [0.1, 0.15) is 37.5 Å². The maximum atomic E-state index is 8.78. The molecule has 0 amide bonds. The van der Waals surface area contributed by atoms with Crippen LogP contribution in [-0.2, 0) is 6.54 Å². The van der Waals surface area contributed by atoms with E-state index in [1.54, 1.807) is 0 Å². The highest BCUT2D eigenvalue weighted by molar-refractivity contribution is 5.37. The summed E-state index contributed by atoms with van der Waals surface area (Å²) in [7, 11) is 2.08. The Morgan fingerprint density at radius 3 is 2.44 bits per heavy atom. The Hall–Kier alpha value is -1.33. The SMILES string of the molecule is CC.CCN(C)Cc1cc(C#N)ccc1C.